The molecule has 0 heterocycles. The quantitative estimate of drug-likeness (QED) is 0.628. The zero-order valence-corrected chi connectivity index (χ0v) is 10.3. The van der Waals surface area contributed by atoms with E-state index >= 15 is 0 Å². The van der Waals surface area contributed by atoms with Crippen LogP contribution in [0.4, 0.5) is 0 Å². The highest BCUT2D eigenvalue weighted by molar-refractivity contribution is 5.85. The molecule has 0 saturated carbocycles. The van der Waals surface area contributed by atoms with E-state index in [0.717, 1.165) is 25.9 Å². The van der Waals surface area contributed by atoms with Crippen LogP contribution in [0.1, 0.15) is 47.5 Å². The van der Waals surface area contributed by atoms with Crippen LogP contribution in [0.15, 0.2) is 0 Å². The fourth-order valence-electron chi connectivity index (χ4n) is 1.98. The van der Waals surface area contributed by atoms with Gasteiger partial charge in [0.2, 0.25) is 0 Å². The van der Waals surface area contributed by atoms with Crippen LogP contribution >= 0.6 is 0 Å². The van der Waals surface area contributed by atoms with Gasteiger partial charge >= 0.3 is 0 Å². The van der Waals surface area contributed by atoms with Gasteiger partial charge in [-0.2, -0.15) is 0 Å². The highest BCUT2D eigenvalue weighted by atomic mass is 16.1. The van der Waals surface area contributed by atoms with Crippen molar-refractivity contribution >= 4 is 5.78 Å². The fraction of sp³-hybridized carbons (Fsp3) is 0.917. The molecule has 0 spiro atoms. The van der Waals surface area contributed by atoms with Crippen molar-refractivity contribution in [2.24, 2.45) is 5.92 Å². The van der Waals surface area contributed by atoms with Gasteiger partial charge in [0.1, 0.15) is 0 Å². The molecule has 0 unspecified atom stereocenters. The molecule has 0 N–H and O–H groups in total. The number of ketones is 1. The predicted molar refractivity (Wildman–Crippen MR) is 61.5 cm³/mol. The maximum absolute atomic E-state index is 12.0. The first-order valence-corrected chi connectivity index (χ1v) is 5.89. The third kappa shape index (κ3) is 3.41. The lowest BCUT2D eigenvalue weighted by atomic mass is 9.93. The van der Waals surface area contributed by atoms with Gasteiger partial charge in [0, 0.05) is 5.92 Å². The first-order valence-electron chi connectivity index (χ1n) is 5.89. The number of likely N-dealkylation sites (N-methyl/N-ethyl adjacent to an activating group) is 1. The lowest BCUT2D eigenvalue weighted by Crippen LogP contribution is -2.41. The first-order chi connectivity index (χ1) is 6.62. The highest BCUT2D eigenvalue weighted by Gasteiger charge is 2.24. The van der Waals surface area contributed by atoms with Crippen LogP contribution in [0.2, 0.25) is 0 Å². The first kappa shape index (κ1) is 13.6. The summed E-state index contributed by atoms with van der Waals surface area (Å²) in [5.74, 6) is 0.671. The normalized spacial score (nSPS) is 13.6. The molecule has 14 heavy (non-hydrogen) atoms. The van der Waals surface area contributed by atoms with Crippen LogP contribution in [0.25, 0.3) is 0 Å². The second kappa shape index (κ2) is 6.99. The van der Waals surface area contributed by atoms with Crippen molar-refractivity contribution in [3.63, 3.8) is 0 Å². The van der Waals surface area contributed by atoms with Gasteiger partial charge in [-0.15, -0.1) is 0 Å². The van der Waals surface area contributed by atoms with Gasteiger partial charge in [-0.3, -0.25) is 9.69 Å². The molecule has 0 bridgehead atoms. The molecule has 1 atom stereocenters. The Balaban J connectivity index is 4.34. The molecule has 0 aliphatic rings. The number of carbonyl (C=O) groups excluding carboxylic acids is 1. The molecule has 2 nitrogen and oxygen atoms in total. The van der Waals surface area contributed by atoms with Crippen molar-refractivity contribution in [3.05, 3.63) is 0 Å². The van der Waals surface area contributed by atoms with E-state index in [4.69, 9.17) is 0 Å². The zero-order valence-electron chi connectivity index (χ0n) is 10.3. The predicted octanol–water partition coefficient (Wildman–Crippen LogP) is 2.72. The summed E-state index contributed by atoms with van der Waals surface area (Å²) in [5.41, 5.74) is 0. The number of hydrogen-bond acceptors (Lipinski definition) is 2. The Bertz CT molecular complexity index is 160. The average molecular weight is 199 g/mol. The van der Waals surface area contributed by atoms with Crippen molar-refractivity contribution in [1.82, 2.24) is 4.90 Å². The lowest BCUT2D eigenvalue weighted by Gasteiger charge is -2.27. The Hall–Kier alpha value is -0.370. The van der Waals surface area contributed by atoms with E-state index < -0.39 is 0 Å². The summed E-state index contributed by atoms with van der Waals surface area (Å²) in [5, 5.41) is 0. The van der Waals surface area contributed by atoms with E-state index in [1.807, 2.05) is 6.92 Å². The summed E-state index contributed by atoms with van der Waals surface area (Å²) in [6.45, 7) is 12.4. The van der Waals surface area contributed by atoms with Crippen molar-refractivity contribution in [2.45, 2.75) is 53.5 Å². The van der Waals surface area contributed by atoms with Crippen LogP contribution in [-0.4, -0.2) is 29.8 Å². The summed E-state index contributed by atoms with van der Waals surface area (Å²) in [4.78, 5) is 14.2. The van der Waals surface area contributed by atoms with Crippen LogP contribution in [0.3, 0.4) is 0 Å². The monoisotopic (exact) mass is 199 g/mol. The Morgan fingerprint density at radius 2 is 1.50 bits per heavy atom. The molecule has 84 valence electrons. The van der Waals surface area contributed by atoms with Gasteiger partial charge in [0.05, 0.1) is 6.04 Å². The molecule has 0 fully saturated rings. The van der Waals surface area contributed by atoms with Crippen LogP contribution in [0, 0.1) is 5.92 Å². The smallest absolute Gasteiger partial charge is 0.152 e. The Labute approximate surface area is 88.7 Å². The highest BCUT2D eigenvalue weighted by Crippen LogP contribution is 2.14. The number of hydrogen-bond donors (Lipinski definition) is 0. The average Bonchev–Trinajstić information content (AvgIpc) is 2.21. The van der Waals surface area contributed by atoms with Crippen LogP contribution in [0.5, 0.6) is 0 Å². The molecule has 0 aromatic carbocycles. The summed E-state index contributed by atoms with van der Waals surface area (Å²) in [6.07, 6.45) is 1.95. The number of rotatable bonds is 7. The number of carbonyl (C=O) groups is 1. The second-order valence-electron chi connectivity index (χ2n) is 3.81. The maximum Gasteiger partial charge on any atom is 0.152 e. The van der Waals surface area contributed by atoms with E-state index in [0.29, 0.717) is 5.78 Å². The Morgan fingerprint density at radius 3 is 1.79 bits per heavy atom. The topological polar surface area (TPSA) is 20.3 Å². The van der Waals surface area contributed by atoms with Gasteiger partial charge < -0.3 is 0 Å². The minimum Gasteiger partial charge on any atom is -0.298 e. The van der Waals surface area contributed by atoms with Crippen molar-refractivity contribution in [2.75, 3.05) is 13.1 Å². The van der Waals surface area contributed by atoms with Gasteiger partial charge in [-0.1, -0.05) is 27.7 Å². The minimum absolute atomic E-state index is 0.0925. The van der Waals surface area contributed by atoms with E-state index in [2.05, 4.69) is 32.6 Å². The summed E-state index contributed by atoms with van der Waals surface area (Å²) in [7, 11) is 0. The van der Waals surface area contributed by atoms with Crippen molar-refractivity contribution in [3.8, 4) is 0 Å². The fourth-order valence-corrected chi connectivity index (χ4v) is 1.98. The van der Waals surface area contributed by atoms with Gasteiger partial charge in [0.15, 0.2) is 5.78 Å². The molecule has 0 aromatic rings. The Kier molecular flexibility index (Phi) is 6.81. The van der Waals surface area contributed by atoms with E-state index in [1.165, 1.54) is 0 Å². The number of Topliss-reactive ketones (excluding diaryl/α,β-unsaturated/α-hetero) is 1. The molecule has 0 aromatic heterocycles. The maximum atomic E-state index is 12.0. The molecule has 0 saturated heterocycles. The number of nitrogens with zero attached hydrogens (tertiary/aromatic N) is 1. The Morgan fingerprint density at radius 1 is 1.07 bits per heavy atom. The lowest BCUT2D eigenvalue weighted by molar-refractivity contribution is -0.127. The molecule has 0 amide bonds. The summed E-state index contributed by atoms with van der Waals surface area (Å²) >= 11 is 0. The molecular formula is C12H25NO. The zero-order chi connectivity index (χ0) is 11.1. The van der Waals surface area contributed by atoms with E-state index in [1.54, 1.807) is 0 Å². The van der Waals surface area contributed by atoms with Gasteiger partial charge in [-0.25, -0.2) is 0 Å². The molecule has 0 rings (SSSR count). The van der Waals surface area contributed by atoms with Crippen LogP contribution < -0.4 is 0 Å². The van der Waals surface area contributed by atoms with E-state index in [-0.39, 0.29) is 12.0 Å². The molecule has 2 heteroatoms. The van der Waals surface area contributed by atoms with Crippen molar-refractivity contribution in [1.29, 1.82) is 0 Å². The van der Waals surface area contributed by atoms with Crippen LogP contribution in [-0.2, 0) is 4.79 Å². The molecule has 0 aliphatic carbocycles. The third-order valence-electron chi connectivity index (χ3n) is 3.16. The van der Waals surface area contributed by atoms with E-state index in [9.17, 15) is 4.79 Å². The molecule has 0 aliphatic heterocycles. The minimum atomic E-state index is 0.0925. The summed E-state index contributed by atoms with van der Waals surface area (Å²) < 4.78 is 0. The molecular weight excluding hydrogens is 174 g/mol. The van der Waals surface area contributed by atoms with Crippen molar-refractivity contribution < 1.29 is 4.79 Å². The van der Waals surface area contributed by atoms with Gasteiger partial charge in [-0.05, 0) is 32.9 Å². The van der Waals surface area contributed by atoms with Gasteiger partial charge in [0.25, 0.3) is 0 Å². The SMILES string of the molecule is CCC(CC)C(=O)[C@@H](C)N(CC)CC. The standard InChI is InChI=1S/C12H25NO/c1-6-11(7-2)12(14)10(5)13(8-3)9-4/h10-11H,6-9H2,1-5H3/t10-/m1/s1. The second-order valence-corrected chi connectivity index (χ2v) is 3.81. The molecule has 0 radical (unpaired) electrons. The third-order valence-corrected chi connectivity index (χ3v) is 3.16. The summed E-state index contributed by atoms with van der Waals surface area (Å²) in [6, 6.07) is 0.0925. The largest absolute Gasteiger partial charge is 0.298 e.